The summed E-state index contributed by atoms with van der Waals surface area (Å²) in [6, 6.07) is 0. The van der Waals surface area contributed by atoms with Crippen molar-refractivity contribution in [2.75, 3.05) is 5.33 Å². The van der Waals surface area contributed by atoms with Gasteiger partial charge in [-0.3, -0.25) is 4.79 Å². The summed E-state index contributed by atoms with van der Waals surface area (Å²) in [5, 5.41) is 10.8. The summed E-state index contributed by atoms with van der Waals surface area (Å²) in [6.07, 6.45) is 5.32. The van der Waals surface area contributed by atoms with Crippen LogP contribution in [0.4, 0.5) is 8.78 Å². The second-order valence-electron chi connectivity index (χ2n) is 10.2. The van der Waals surface area contributed by atoms with Gasteiger partial charge in [-0.05, 0) is 81.0 Å². The van der Waals surface area contributed by atoms with Crippen molar-refractivity contribution in [2.24, 2.45) is 40.9 Å². The maximum atomic E-state index is 15.2. The topological polar surface area (TPSA) is 37.3 Å². The van der Waals surface area contributed by atoms with Crippen molar-refractivity contribution in [1.29, 1.82) is 0 Å². The third-order valence-electron chi connectivity index (χ3n) is 8.81. The molecule has 0 spiro atoms. The Morgan fingerprint density at radius 3 is 2.38 bits per heavy atom. The Labute approximate surface area is 163 Å². The summed E-state index contributed by atoms with van der Waals surface area (Å²) in [7, 11) is 0. The number of hydrogen-bond acceptors (Lipinski definition) is 2. The van der Waals surface area contributed by atoms with E-state index in [1.54, 1.807) is 6.92 Å². The highest BCUT2D eigenvalue weighted by Gasteiger charge is 2.64. The zero-order chi connectivity index (χ0) is 18.9. The molecular weight excluding hydrogens is 402 g/mol. The molecule has 148 valence electrons. The summed E-state index contributed by atoms with van der Waals surface area (Å²) in [5.41, 5.74) is -1.05. The second kappa shape index (κ2) is 6.23. The average molecular weight is 433 g/mol. The van der Waals surface area contributed by atoms with Crippen molar-refractivity contribution in [2.45, 2.75) is 76.7 Å². The van der Waals surface area contributed by atoms with Crippen molar-refractivity contribution >= 4 is 21.7 Å². The third kappa shape index (κ3) is 2.82. The first-order valence-electron chi connectivity index (χ1n) is 10.3. The van der Waals surface area contributed by atoms with Gasteiger partial charge in [0.1, 0.15) is 5.78 Å². The summed E-state index contributed by atoms with van der Waals surface area (Å²) < 4.78 is 30.3. The highest BCUT2D eigenvalue weighted by molar-refractivity contribution is 9.09. The molecule has 0 heterocycles. The van der Waals surface area contributed by atoms with Gasteiger partial charge in [-0.15, -0.1) is 0 Å². The van der Waals surface area contributed by atoms with Crippen LogP contribution >= 0.6 is 15.9 Å². The van der Waals surface area contributed by atoms with Crippen LogP contribution in [0.5, 0.6) is 0 Å². The molecule has 0 saturated heterocycles. The number of aliphatic hydroxyl groups is 1. The number of rotatable bonds is 2. The van der Waals surface area contributed by atoms with Gasteiger partial charge in [-0.1, -0.05) is 22.9 Å². The maximum Gasteiger partial charge on any atom is 0.251 e. The molecule has 0 aliphatic heterocycles. The zero-order valence-corrected chi connectivity index (χ0v) is 17.4. The molecule has 0 aromatic rings. The van der Waals surface area contributed by atoms with Crippen LogP contribution in [-0.4, -0.2) is 27.7 Å². The van der Waals surface area contributed by atoms with Crippen LogP contribution in [0.25, 0.3) is 0 Å². The number of fused-ring (bicyclic) bond motifs is 5. The van der Waals surface area contributed by atoms with E-state index >= 15 is 8.78 Å². The van der Waals surface area contributed by atoms with Gasteiger partial charge in [-0.25, -0.2) is 8.78 Å². The summed E-state index contributed by atoms with van der Waals surface area (Å²) >= 11 is 3.32. The Bertz CT molecular complexity index is 593. The number of hydrogen-bond donors (Lipinski definition) is 1. The first-order valence-corrected chi connectivity index (χ1v) is 11.4. The molecule has 4 saturated carbocycles. The largest absolute Gasteiger partial charge is 0.390 e. The fourth-order valence-electron chi connectivity index (χ4n) is 7.61. The normalized spacial score (nSPS) is 52.7. The number of Topliss-reactive ketones (excluding diaryl/α,β-unsaturated/α-hetero) is 1. The van der Waals surface area contributed by atoms with Gasteiger partial charge < -0.3 is 5.11 Å². The minimum Gasteiger partial charge on any atom is -0.390 e. The van der Waals surface area contributed by atoms with Crippen molar-refractivity contribution in [3.05, 3.63) is 0 Å². The molecule has 0 amide bonds. The Morgan fingerprint density at radius 1 is 1.00 bits per heavy atom. The molecule has 4 aliphatic carbocycles. The molecule has 1 N–H and O–H groups in total. The number of halogens is 3. The van der Waals surface area contributed by atoms with Crippen molar-refractivity contribution in [1.82, 2.24) is 0 Å². The van der Waals surface area contributed by atoms with Gasteiger partial charge in [0.2, 0.25) is 0 Å². The van der Waals surface area contributed by atoms with Gasteiger partial charge in [0.25, 0.3) is 5.92 Å². The Hall–Kier alpha value is -0.0300. The smallest absolute Gasteiger partial charge is 0.251 e. The molecule has 5 heteroatoms. The van der Waals surface area contributed by atoms with E-state index in [4.69, 9.17) is 0 Å². The standard InChI is InChI=1S/C21H31BrF2O2/c1-19(26)7-5-13-12-6-8-20(2)15(3-4-16(20)18(25)11-22)14(12)9-21(23,24)17(13)10-19/h12-17,26H,3-11H2,1-2H3/t12-,13-,14-,15+,16-,17-,19+,20+/m1/s1. The first-order chi connectivity index (χ1) is 12.1. The van der Waals surface area contributed by atoms with E-state index in [1.165, 1.54) is 0 Å². The van der Waals surface area contributed by atoms with Crippen LogP contribution in [0, 0.1) is 40.9 Å². The maximum absolute atomic E-state index is 15.2. The summed E-state index contributed by atoms with van der Waals surface area (Å²) in [5.74, 6) is -2.38. The minimum absolute atomic E-state index is 0.0336. The van der Waals surface area contributed by atoms with Crippen molar-refractivity contribution < 1.29 is 18.7 Å². The van der Waals surface area contributed by atoms with Gasteiger partial charge >= 0.3 is 0 Å². The predicted octanol–water partition coefficient (Wildman–Crippen LogP) is 5.22. The van der Waals surface area contributed by atoms with E-state index in [0.29, 0.717) is 17.7 Å². The van der Waals surface area contributed by atoms with Crippen molar-refractivity contribution in [3.63, 3.8) is 0 Å². The molecule has 0 aromatic heterocycles. The molecular formula is C21H31BrF2O2. The van der Waals surface area contributed by atoms with E-state index in [-0.39, 0.29) is 47.7 Å². The lowest BCUT2D eigenvalue weighted by Crippen LogP contribution is -2.57. The Kier molecular flexibility index (Phi) is 4.63. The lowest BCUT2D eigenvalue weighted by atomic mass is 9.48. The molecule has 4 rings (SSSR count). The van der Waals surface area contributed by atoms with Crippen LogP contribution < -0.4 is 0 Å². The molecule has 0 aromatic carbocycles. The van der Waals surface area contributed by atoms with E-state index in [0.717, 1.165) is 32.1 Å². The lowest BCUT2D eigenvalue weighted by Gasteiger charge is -2.58. The van der Waals surface area contributed by atoms with Crippen LogP contribution in [0.15, 0.2) is 0 Å². The molecule has 4 fully saturated rings. The van der Waals surface area contributed by atoms with Gasteiger partial charge in [-0.2, -0.15) is 0 Å². The van der Waals surface area contributed by atoms with Crippen LogP contribution in [0.2, 0.25) is 0 Å². The van der Waals surface area contributed by atoms with Gasteiger partial charge in [0.05, 0.1) is 10.9 Å². The SMILES string of the molecule is C[C@]1(O)CC[C@@H]2[C@H]3CC[C@]4(C)[C@@H](C(=O)CBr)CC[C@H]4[C@@H]3CC(F)(F)[C@@H]2C1. The van der Waals surface area contributed by atoms with Crippen LogP contribution in [0.3, 0.4) is 0 Å². The highest BCUT2D eigenvalue weighted by Crippen LogP contribution is 2.66. The fourth-order valence-corrected chi connectivity index (χ4v) is 8.00. The molecule has 26 heavy (non-hydrogen) atoms. The van der Waals surface area contributed by atoms with Crippen LogP contribution in [0.1, 0.15) is 65.2 Å². The Balaban J connectivity index is 1.63. The molecule has 8 atom stereocenters. The molecule has 2 nitrogen and oxygen atoms in total. The van der Waals surface area contributed by atoms with Gasteiger partial charge in [0.15, 0.2) is 0 Å². The van der Waals surface area contributed by atoms with E-state index in [1.807, 2.05) is 0 Å². The monoisotopic (exact) mass is 432 g/mol. The lowest BCUT2D eigenvalue weighted by molar-refractivity contribution is -0.210. The summed E-state index contributed by atoms with van der Waals surface area (Å²) in [4.78, 5) is 12.4. The molecule has 0 radical (unpaired) electrons. The zero-order valence-electron chi connectivity index (χ0n) is 15.8. The van der Waals surface area contributed by atoms with Crippen molar-refractivity contribution in [3.8, 4) is 0 Å². The second-order valence-corrected chi connectivity index (χ2v) is 10.7. The third-order valence-corrected chi connectivity index (χ3v) is 9.36. The molecule has 0 unspecified atom stereocenters. The Morgan fingerprint density at radius 2 is 1.69 bits per heavy atom. The van der Waals surface area contributed by atoms with E-state index < -0.39 is 17.4 Å². The van der Waals surface area contributed by atoms with E-state index in [2.05, 4.69) is 22.9 Å². The highest BCUT2D eigenvalue weighted by atomic mass is 79.9. The quantitative estimate of drug-likeness (QED) is 0.607. The molecule has 0 bridgehead atoms. The van der Waals surface area contributed by atoms with Gasteiger partial charge in [0, 0.05) is 18.3 Å². The fraction of sp³-hybridized carbons (Fsp3) is 0.952. The number of ketones is 1. The number of carbonyl (C=O) groups is 1. The number of carbonyl (C=O) groups excluding carboxylic acids is 1. The number of alkyl halides is 3. The van der Waals surface area contributed by atoms with E-state index in [9.17, 15) is 9.90 Å². The minimum atomic E-state index is -2.69. The van der Waals surface area contributed by atoms with Crippen LogP contribution in [-0.2, 0) is 4.79 Å². The average Bonchev–Trinajstić information content (AvgIpc) is 2.91. The molecule has 4 aliphatic rings. The predicted molar refractivity (Wildman–Crippen MR) is 100 cm³/mol. The first kappa shape index (κ1) is 19.3. The summed E-state index contributed by atoms with van der Waals surface area (Å²) in [6.45, 7) is 3.92.